The molecule has 0 aromatic heterocycles. The molecule has 3 heterocycles. The van der Waals surface area contributed by atoms with Crippen molar-refractivity contribution in [1.82, 2.24) is 4.90 Å². The summed E-state index contributed by atoms with van der Waals surface area (Å²) in [6.45, 7) is 2.34. The highest BCUT2D eigenvalue weighted by molar-refractivity contribution is 6.09. The van der Waals surface area contributed by atoms with E-state index in [1.165, 1.54) is 4.90 Å². The Hall–Kier alpha value is -3.49. The molecule has 0 radical (unpaired) electrons. The van der Waals surface area contributed by atoms with E-state index in [4.69, 9.17) is 0 Å². The molecule has 194 valence electrons. The lowest BCUT2D eigenvalue weighted by Gasteiger charge is -2.31. The number of carbonyl (C=O) groups is 3. The van der Waals surface area contributed by atoms with Crippen molar-refractivity contribution in [3.05, 3.63) is 65.7 Å². The van der Waals surface area contributed by atoms with Gasteiger partial charge in [-0.2, -0.15) is 0 Å². The van der Waals surface area contributed by atoms with E-state index in [9.17, 15) is 24.6 Å². The van der Waals surface area contributed by atoms with E-state index in [1.807, 2.05) is 24.3 Å². The third kappa shape index (κ3) is 4.14. The molecule has 0 aliphatic carbocycles. The minimum atomic E-state index is -1.83. The van der Waals surface area contributed by atoms with Crippen molar-refractivity contribution in [2.45, 2.75) is 50.7 Å². The van der Waals surface area contributed by atoms with Crippen molar-refractivity contribution in [1.29, 1.82) is 0 Å². The largest absolute Gasteiger partial charge is 0.394 e. The molecule has 3 aliphatic heterocycles. The predicted molar refractivity (Wildman–Crippen MR) is 140 cm³/mol. The van der Waals surface area contributed by atoms with Gasteiger partial charge in [0.25, 0.3) is 5.91 Å². The highest BCUT2D eigenvalue weighted by Crippen LogP contribution is 2.47. The molecule has 8 heteroatoms. The van der Waals surface area contributed by atoms with Gasteiger partial charge in [-0.15, -0.1) is 0 Å². The Kier molecular flexibility index (Phi) is 6.64. The summed E-state index contributed by atoms with van der Waals surface area (Å²) in [6, 6.07) is 12.9. The van der Waals surface area contributed by atoms with Gasteiger partial charge in [0.05, 0.1) is 24.0 Å². The number of fused-ring (bicyclic) bond motifs is 2. The summed E-state index contributed by atoms with van der Waals surface area (Å²) < 4.78 is 0. The molecule has 8 nitrogen and oxygen atoms in total. The lowest BCUT2D eigenvalue weighted by molar-refractivity contribution is -0.139. The number of benzene rings is 2. The van der Waals surface area contributed by atoms with Crippen LogP contribution in [0.3, 0.4) is 0 Å². The van der Waals surface area contributed by atoms with Gasteiger partial charge in [-0.1, -0.05) is 37.3 Å². The van der Waals surface area contributed by atoms with E-state index in [1.54, 1.807) is 54.1 Å². The normalized spacial score (nSPS) is 24.1. The van der Waals surface area contributed by atoms with Gasteiger partial charge in [0.15, 0.2) is 5.60 Å². The summed E-state index contributed by atoms with van der Waals surface area (Å²) in [5.41, 5.74) is 1.69. The van der Waals surface area contributed by atoms with Gasteiger partial charge in [-0.3, -0.25) is 19.3 Å². The number of rotatable bonds is 6. The number of aliphatic hydroxyl groups excluding tert-OH is 1. The zero-order chi connectivity index (χ0) is 26.3. The Morgan fingerprint density at radius 2 is 1.95 bits per heavy atom. The Morgan fingerprint density at radius 1 is 1.16 bits per heavy atom. The van der Waals surface area contributed by atoms with Crippen LogP contribution in [0.4, 0.5) is 17.1 Å². The molecular weight excluding hydrogens is 470 g/mol. The second-order valence-corrected chi connectivity index (χ2v) is 10.2. The lowest BCUT2D eigenvalue weighted by Crippen LogP contribution is -2.43. The highest BCUT2D eigenvalue weighted by atomic mass is 16.3. The van der Waals surface area contributed by atoms with Crippen LogP contribution in [0.2, 0.25) is 0 Å². The number of amides is 3. The molecule has 1 saturated heterocycles. The molecule has 0 unspecified atom stereocenters. The average molecular weight is 504 g/mol. The van der Waals surface area contributed by atoms with Crippen LogP contribution in [0.15, 0.2) is 54.6 Å². The van der Waals surface area contributed by atoms with E-state index in [2.05, 4.69) is 0 Å². The van der Waals surface area contributed by atoms with Crippen LogP contribution >= 0.6 is 0 Å². The molecule has 37 heavy (non-hydrogen) atoms. The van der Waals surface area contributed by atoms with Gasteiger partial charge in [-0.05, 0) is 49.1 Å². The van der Waals surface area contributed by atoms with Crippen LogP contribution < -0.4 is 9.80 Å². The molecule has 2 N–H and O–H groups in total. The summed E-state index contributed by atoms with van der Waals surface area (Å²) in [5.74, 6) is -1.18. The van der Waals surface area contributed by atoms with Crippen LogP contribution in [-0.2, 0) is 26.4 Å². The van der Waals surface area contributed by atoms with Gasteiger partial charge >= 0.3 is 0 Å². The summed E-state index contributed by atoms with van der Waals surface area (Å²) in [7, 11) is 1.63. The molecule has 0 saturated carbocycles. The van der Waals surface area contributed by atoms with Crippen molar-refractivity contribution in [3.8, 4) is 0 Å². The van der Waals surface area contributed by atoms with E-state index < -0.39 is 17.4 Å². The Morgan fingerprint density at radius 3 is 2.73 bits per heavy atom. The minimum absolute atomic E-state index is 0.0329. The van der Waals surface area contributed by atoms with E-state index in [0.717, 1.165) is 24.1 Å². The van der Waals surface area contributed by atoms with Crippen molar-refractivity contribution in [2.75, 3.05) is 30.0 Å². The quantitative estimate of drug-likeness (QED) is 0.590. The number of carbonyl (C=O) groups excluding carboxylic acids is 3. The van der Waals surface area contributed by atoms with Crippen molar-refractivity contribution in [3.63, 3.8) is 0 Å². The van der Waals surface area contributed by atoms with E-state index in [0.29, 0.717) is 36.3 Å². The topological polar surface area (TPSA) is 101 Å². The zero-order valence-corrected chi connectivity index (χ0v) is 21.3. The summed E-state index contributed by atoms with van der Waals surface area (Å²) in [4.78, 5) is 43.7. The van der Waals surface area contributed by atoms with Crippen LogP contribution in [0.1, 0.15) is 43.7 Å². The molecular formula is C29H33N3O5. The maximum atomic E-state index is 13.3. The fraction of sp³-hybridized carbons (Fsp3) is 0.414. The fourth-order valence-corrected chi connectivity index (χ4v) is 5.88. The van der Waals surface area contributed by atoms with Crippen molar-refractivity contribution in [2.24, 2.45) is 5.92 Å². The number of hydrogen-bond donors (Lipinski definition) is 2. The van der Waals surface area contributed by atoms with Gasteiger partial charge in [0.1, 0.15) is 0 Å². The number of aliphatic hydroxyl groups is 2. The molecule has 0 spiro atoms. The Bertz CT molecular complexity index is 1270. The zero-order valence-electron chi connectivity index (χ0n) is 21.3. The van der Waals surface area contributed by atoms with Crippen LogP contribution in [0.5, 0.6) is 0 Å². The van der Waals surface area contributed by atoms with Gasteiger partial charge in [0.2, 0.25) is 11.8 Å². The number of nitrogens with zero attached hydrogens (tertiary/aromatic N) is 3. The highest BCUT2D eigenvalue weighted by Gasteiger charge is 2.51. The maximum absolute atomic E-state index is 13.3. The number of likely N-dealkylation sites (N-methyl/N-ethyl adjacent to an activating group) is 1. The van der Waals surface area contributed by atoms with Crippen LogP contribution in [0, 0.1) is 5.92 Å². The van der Waals surface area contributed by atoms with Gasteiger partial charge in [-0.25, -0.2) is 0 Å². The number of likely N-dealkylation sites (tertiary alicyclic amines) is 1. The van der Waals surface area contributed by atoms with E-state index >= 15 is 0 Å². The first-order valence-electron chi connectivity index (χ1n) is 12.9. The lowest BCUT2D eigenvalue weighted by atomic mass is 9.82. The third-order valence-corrected chi connectivity index (χ3v) is 8.02. The smallest absolute Gasteiger partial charge is 0.264 e. The number of aryl methyl sites for hydroxylation is 1. The molecule has 3 amide bonds. The molecule has 5 rings (SSSR count). The Labute approximate surface area is 216 Å². The number of anilines is 3. The van der Waals surface area contributed by atoms with Crippen molar-refractivity contribution < 1.29 is 24.6 Å². The van der Waals surface area contributed by atoms with Gasteiger partial charge < -0.3 is 20.0 Å². The second kappa shape index (κ2) is 9.76. The average Bonchev–Trinajstić information content (AvgIpc) is 3.47. The summed E-state index contributed by atoms with van der Waals surface area (Å²) in [6.07, 6.45) is 6.27. The summed E-state index contributed by atoms with van der Waals surface area (Å²) in [5, 5.41) is 21.3. The molecule has 3 aliphatic rings. The number of para-hydroxylation sites is 1. The maximum Gasteiger partial charge on any atom is 0.264 e. The Balaban J connectivity index is 1.43. The molecule has 0 bridgehead atoms. The standard InChI is InChI=1S/C29H33N3O5/c1-19(7-5-11-26(34)31-16-6-9-22(31)18-33)29(37)23-17-21(13-14-25(23)30(2)28(29)36)32-24-10-4-3-8-20(24)12-15-27(32)35/h3-5,7-8,10,13-14,17,19,22,33,37H,6,9,11-12,15-16,18H2,1-2H3/b7-5+/t19-,22-,29+/m0/s1. The first-order chi connectivity index (χ1) is 17.8. The SMILES string of the molecule is C[C@@H](/C=C/CC(=O)N1CCC[C@H]1CO)[C@]1(O)C(=O)N(C)c2ccc(N3C(=O)CCc4ccccc43)cc21. The first-order valence-corrected chi connectivity index (χ1v) is 12.9. The van der Waals surface area contributed by atoms with Gasteiger partial charge in [0, 0.05) is 43.6 Å². The monoisotopic (exact) mass is 503 g/mol. The van der Waals surface area contributed by atoms with Crippen LogP contribution in [0.25, 0.3) is 0 Å². The molecule has 2 aromatic carbocycles. The van der Waals surface area contributed by atoms with Crippen molar-refractivity contribution >= 4 is 34.8 Å². The third-order valence-electron chi connectivity index (χ3n) is 8.02. The molecule has 3 atom stereocenters. The summed E-state index contributed by atoms with van der Waals surface area (Å²) >= 11 is 0. The van der Waals surface area contributed by atoms with E-state index in [-0.39, 0.29) is 30.9 Å². The predicted octanol–water partition coefficient (Wildman–Crippen LogP) is 3.03. The van der Waals surface area contributed by atoms with Crippen LogP contribution in [-0.4, -0.2) is 59.1 Å². The first kappa shape index (κ1) is 25.2. The number of hydrogen-bond acceptors (Lipinski definition) is 5. The molecule has 2 aromatic rings. The second-order valence-electron chi connectivity index (χ2n) is 10.2. The molecule has 1 fully saturated rings. The fourth-order valence-electron chi connectivity index (χ4n) is 5.88. The minimum Gasteiger partial charge on any atom is -0.394 e.